The molecule has 26 heavy (non-hydrogen) atoms. The van der Waals surface area contributed by atoms with E-state index in [2.05, 4.69) is 22.4 Å². The van der Waals surface area contributed by atoms with Gasteiger partial charge in [-0.3, -0.25) is 4.90 Å². The van der Waals surface area contributed by atoms with Crippen LogP contribution in [0, 0.1) is 0 Å². The number of hydrogen-bond donors (Lipinski definition) is 3. The molecule has 2 atom stereocenters. The molecular weight excluding hydrogens is 328 g/mol. The zero-order valence-corrected chi connectivity index (χ0v) is 15.5. The number of likely N-dealkylation sites (tertiary alicyclic amines) is 1. The molecule has 0 aliphatic carbocycles. The fraction of sp³-hybridized carbons (Fsp3) is 0.450. The average molecular weight is 354 g/mol. The third-order valence-electron chi connectivity index (χ3n) is 4.74. The smallest absolute Gasteiger partial charge is 0.216 e. The van der Waals surface area contributed by atoms with Crippen LogP contribution >= 0.6 is 0 Å². The molecule has 6 nitrogen and oxygen atoms in total. The summed E-state index contributed by atoms with van der Waals surface area (Å²) in [5, 5.41) is 16.1. The van der Waals surface area contributed by atoms with Crippen molar-refractivity contribution in [2.24, 2.45) is 0 Å². The number of pyridine rings is 1. The molecule has 2 aromatic heterocycles. The number of aromatic amines is 1. The van der Waals surface area contributed by atoms with Crippen LogP contribution in [-0.2, 0) is 4.74 Å². The van der Waals surface area contributed by atoms with Gasteiger partial charge in [0.15, 0.2) is 0 Å². The van der Waals surface area contributed by atoms with E-state index in [9.17, 15) is 5.11 Å². The Morgan fingerprint density at radius 1 is 1.27 bits per heavy atom. The van der Waals surface area contributed by atoms with E-state index in [-0.39, 0.29) is 11.6 Å². The van der Waals surface area contributed by atoms with Crippen molar-refractivity contribution in [3.63, 3.8) is 0 Å². The maximum atomic E-state index is 10.3. The fourth-order valence-electron chi connectivity index (χ4n) is 3.55. The molecule has 138 valence electrons. The van der Waals surface area contributed by atoms with Crippen LogP contribution < -0.4 is 5.32 Å². The van der Waals surface area contributed by atoms with Crippen molar-refractivity contribution in [3.8, 4) is 0 Å². The number of nitrogens with one attached hydrogen (secondary N) is 2. The first-order valence-electron chi connectivity index (χ1n) is 9.13. The van der Waals surface area contributed by atoms with Gasteiger partial charge in [0, 0.05) is 36.1 Å². The normalized spacial score (nSPS) is 20.1. The van der Waals surface area contributed by atoms with E-state index >= 15 is 0 Å². The minimum absolute atomic E-state index is 0.222. The van der Waals surface area contributed by atoms with E-state index in [1.807, 2.05) is 50.1 Å². The van der Waals surface area contributed by atoms with E-state index in [0.29, 0.717) is 0 Å². The summed E-state index contributed by atoms with van der Waals surface area (Å²) in [7, 11) is 0. The first-order valence-corrected chi connectivity index (χ1v) is 9.13. The second-order valence-electron chi connectivity index (χ2n) is 7.93. The Kier molecular flexibility index (Phi) is 4.34. The Hall–Kier alpha value is -2.15. The van der Waals surface area contributed by atoms with Crippen LogP contribution in [0.5, 0.6) is 0 Å². The Bertz CT molecular complexity index is 915. The number of aliphatic hydroxyl groups excluding tert-OH is 1. The highest BCUT2D eigenvalue weighted by atomic mass is 16.6. The number of fused-ring (bicyclic) bond motifs is 3. The Morgan fingerprint density at radius 2 is 2.08 bits per heavy atom. The van der Waals surface area contributed by atoms with Gasteiger partial charge in [-0.1, -0.05) is 18.2 Å². The Labute approximate surface area is 153 Å². The molecular formula is C20H26N4O2. The van der Waals surface area contributed by atoms with Gasteiger partial charge in [0.25, 0.3) is 0 Å². The molecule has 3 aromatic rings. The Morgan fingerprint density at radius 3 is 2.88 bits per heavy atom. The van der Waals surface area contributed by atoms with Crippen molar-refractivity contribution in [3.05, 3.63) is 36.5 Å². The molecule has 1 fully saturated rings. The van der Waals surface area contributed by atoms with Crippen molar-refractivity contribution < 1.29 is 9.84 Å². The molecule has 1 aliphatic heterocycles. The molecule has 4 rings (SSSR count). The van der Waals surface area contributed by atoms with Gasteiger partial charge in [0.05, 0.1) is 16.6 Å². The van der Waals surface area contributed by atoms with Crippen molar-refractivity contribution in [1.29, 1.82) is 0 Å². The van der Waals surface area contributed by atoms with E-state index < -0.39 is 6.41 Å². The highest BCUT2D eigenvalue weighted by Gasteiger charge is 2.30. The lowest BCUT2D eigenvalue weighted by molar-refractivity contribution is -0.233. The van der Waals surface area contributed by atoms with Crippen molar-refractivity contribution in [2.45, 2.75) is 45.2 Å². The van der Waals surface area contributed by atoms with Gasteiger partial charge in [0.1, 0.15) is 5.82 Å². The number of para-hydroxylation sites is 1. The number of nitrogens with zero attached hydrogens (tertiary/aromatic N) is 2. The van der Waals surface area contributed by atoms with Gasteiger partial charge in [-0.25, -0.2) is 4.98 Å². The third kappa shape index (κ3) is 3.40. The molecule has 6 heteroatoms. The fourth-order valence-corrected chi connectivity index (χ4v) is 3.55. The van der Waals surface area contributed by atoms with Gasteiger partial charge in [-0.15, -0.1) is 0 Å². The van der Waals surface area contributed by atoms with Crippen LogP contribution in [-0.4, -0.2) is 51.1 Å². The van der Waals surface area contributed by atoms with E-state index in [4.69, 9.17) is 9.72 Å². The number of ether oxygens (including phenoxy) is 1. The van der Waals surface area contributed by atoms with Gasteiger partial charge >= 0.3 is 0 Å². The minimum atomic E-state index is -0.876. The van der Waals surface area contributed by atoms with Crippen LogP contribution in [0.1, 0.15) is 27.2 Å². The minimum Gasteiger partial charge on any atom is -0.365 e. The predicted octanol–water partition coefficient (Wildman–Crippen LogP) is 3.29. The molecule has 3 heterocycles. The average Bonchev–Trinajstić information content (AvgIpc) is 3.23. The summed E-state index contributed by atoms with van der Waals surface area (Å²) >= 11 is 0. The lowest BCUT2D eigenvalue weighted by Crippen LogP contribution is -2.41. The summed E-state index contributed by atoms with van der Waals surface area (Å²) in [5.74, 6) is 0.887. The number of aromatic nitrogens is 2. The highest BCUT2D eigenvalue weighted by Crippen LogP contribution is 2.29. The van der Waals surface area contributed by atoms with E-state index in [0.717, 1.165) is 47.1 Å². The van der Waals surface area contributed by atoms with E-state index in [1.165, 1.54) is 0 Å². The second kappa shape index (κ2) is 6.54. The molecule has 0 radical (unpaired) electrons. The molecule has 1 aromatic carbocycles. The van der Waals surface area contributed by atoms with Gasteiger partial charge in [-0.05, 0) is 39.3 Å². The van der Waals surface area contributed by atoms with Crippen molar-refractivity contribution in [1.82, 2.24) is 14.9 Å². The SMILES string of the molecule is CC(C)(C)OC(O)N1CC[C@H](Nc2nc3ccccc3c3[nH]ccc23)C1. The molecule has 0 amide bonds. The second-order valence-corrected chi connectivity index (χ2v) is 7.93. The molecule has 0 spiro atoms. The molecule has 0 saturated carbocycles. The molecule has 1 saturated heterocycles. The van der Waals surface area contributed by atoms with Gasteiger partial charge in [0.2, 0.25) is 6.41 Å². The first kappa shape index (κ1) is 17.3. The summed E-state index contributed by atoms with van der Waals surface area (Å²) in [6.07, 6.45) is 2.01. The predicted molar refractivity (Wildman–Crippen MR) is 104 cm³/mol. The molecule has 3 N–H and O–H groups in total. The van der Waals surface area contributed by atoms with Gasteiger partial charge in [-0.2, -0.15) is 0 Å². The summed E-state index contributed by atoms with van der Waals surface area (Å²) in [4.78, 5) is 10.1. The Balaban J connectivity index is 1.53. The van der Waals surface area contributed by atoms with Crippen LogP contribution in [0.15, 0.2) is 36.5 Å². The largest absolute Gasteiger partial charge is 0.365 e. The summed E-state index contributed by atoms with van der Waals surface area (Å²) in [5.41, 5.74) is 1.70. The topological polar surface area (TPSA) is 73.4 Å². The summed E-state index contributed by atoms with van der Waals surface area (Å²) in [6, 6.07) is 10.4. The molecule has 1 unspecified atom stereocenters. The molecule has 1 aliphatic rings. The monoisotopic (exact) mass is 354 g/mol. The number of rotatable bonds is 4. The standard InChI is InChI=1S/C20H26N4O2/c1-20(2,3)26-19(25)24-11-9-13(12-24)22-18-15-8-10-21-17(15)14-6-4-5-7-16(14)23-18/h4-8,10,13,19,21,25H,9,11-12H2,1-3H3,(H,22,23)/t13-,19?/m0/s1. The van der Waals surface area contributed by atoms with Gasteiger partial charge < -0.3 is 20.1 Å². The van der Waals surface area contributed by atoms with Crippen LogP contribution in [0.4, 0.5) is 5.82 Å². The zero-order chi connectivity index (χ0) is 18.3. The van der Waals surface area contributed by atoms with Crippen LogP contribution in [0.2, 0.25) is 0 Å². The number of anilines is 1. The third-order valence-corrected chi connectivity index (χ3v) is 4.74. The van der Waals surface area contributed by atoms with E-state index in [1.54, 1.807) is 0 Å². The lowest BCUT2D eigenvalue weighted by Gasteiger charge is -2.29. The van der Waals surface area contributed by atoms with Crippen molar-refractivity contribution in [2.75, 3.05) is 18.4 Å². The summed E-state index contributed by atoms with van der Waals surface area (Å²) < 4.78 is 5.67. The highest BCUT2D eigenvalue weighted by molar-refractivity contribution is 6.08. The van der Waals surface area contributed by atoms with Crippen LogP contribution in [0.3, 0.4) is 0 Å². The maximum absolute atomic E-state index is 10.3. The number of benzene rings is 1. The zero-order valence-electron chi connectivity index (χ0n) is 15.5. The maximum Gasteiger partial charge on any atom is 0.216 e. The summed E-state index contributed by atoms with van der Waals surface area (Å²) in [6.45, 7) is 7.35. The van der Waals surface area contributed by atoms with Crippen LogP contribution in [0.25, 0.3) is 21.8 Å². The first-order chi connectivity index (χ1) is 12.4. The lowest BCUT2D eigenvalue weighted by atomic mass is 10.1. The number of H-pyrrole nitrogens is 1. The van der Waals surface area contributed by atoms with Crippen molar-refractivity contribution >= 4 is 27.6 Å². The number of aliphatic hydroxyl groups is 1. The quantitative estimate of drug-likeness (QED) is 0.627. The molecule has 0 bridgehead atoms. The number of hydrogen-bond acceptors (Lipinski definition) is 5.